The number of rotatable bonds is 1. The molecule has 82 valence electrons. The van der Waals surface area contributed by atoms with Gasteiger partial charge in [-0.2, -0.15) is 0 Å². The summed E-state index contributed by atoms with van der Waals surface area (Å²) in [7, 11) is 0. The minimum atomic E-state index is 0.238. The number of hydrogen-bond donors (Lipinski definition) is 2. The summed E-state index contributed by atoms with van der Waals surface area (Å²) < 4.78 is 0. The van der Waals surface area contributed by atoms with Crippen LogP contribution in [0, 0.1) is 5.92 Å². The zero-order chi connectivity index (χ0) is 10.8. The maximum absolute atomic E-state index is 9.28. The highest BCUT2D eigenvalue weighted by atomic mass is 16.3. The number of benzene rings is 1. The standard InChI is InChI=1S/C12H18N2O/c1-9-4-6-14(7-5-9)12-3-2-10(15)8-11(12)13/h2-3,8-9,15H,4-7,13H2,1H3. The molecular formula is C12H18N2O. The number of anilines is 2. The Labute approximate surface area is 90.5 Å². The van der Waals surface area contributed by atoms with Gasteiger partial charge < -0.3 is 15.7 Å². The van der Waals surface area contributed by atoms with Crippen molar-refractivity contribution in [2.24, 2.45) is 5.92 Å². The van der Waals surface area contributed by atoms with E-state index in [2.05, 4.69) is 11.8 Å². The molecule has 0 aromatic heterocycles. The van der Waals surface area contributed by atoms with E-state index < -0.39 is 0 Å². The van der Waals surface area contributed by atoms with Crippen LogP contribution in [0.2, 0.25) is 0 Å². The molecule has 0 spiro atoms. The van der Waals surface area contributed by atoms with Gasteiger partial charge in [0, 0.05) is 19.2 Å². The van der Waals surface area contributed by atoms with Gasteiger partial charge in [0.15, 0.2) is 0 Å². The van der Waals surface area contributed by atoms with Gasteiger partial charge in [0.05, 0.1) is 11.4 Å². The van der Waals surface area contributed by atoms with Crippen LogP contribution < -0.4 is 10.6 Å². The van der Waals surface area contributed by atoms with Crippen LogP contribution in [0.3, 0.4) is 0 Å². The van der Waals surface area contributed by atoms with Gasteiger partial charge >= 0.3 is 0 Å². The van der Waals surface area contributed by atoms with Crippen LogP contribution in [0.15, 0.2) is 18.2 Å². The molecule has 0 aliphatic carbocycles. The molecule has 1 aromatic carbocycles. The summed E-state index contributed by atoms with van der Waals surface area (Å²) >= 11 is 0. The van der Waals surface area contributed by atoms with E-state index in [-0.39, 0.29) is 5.75 Å². The summed E-state index contributed by atoms with van der Waals surface area (Å²) in [6.45, 7) is 4.42. The van der Waals surface area contributed by atoms with Gasteiger partial charge in [-0.15, -0.1) is 0 Å². The quantitative estimate of drug-likeness (QED) is 0.693. The van der Waals surface area contributed by atoms with Crippen LogP contribution in [0.1, 0.15) is 19.8 Å². The zero-order valence-corrected chi connectivity index (χ0v) is 9.11. The van der Waals surface area contributed by atoms with E-state index in [1.807, 2.05) is 6.07 Å². The number of piperidine rings is 1. The molecule has 1 saturated heterocycles. The molecule has 0 atom stereocenters. The maximum Gasteiger partial charge on any atom is 0.117 e. The minimum absolute atomic E-state index is 0.238. The largest absolute Gasteiger partial charge is 0.508 e. The lowest BCUT2D eigenvalue weighted by molar-refractivity contribution is 0.438. The summed E-state index contributed by atoms with van der Waals surface area (Å²) in [5.74, 6) is 1.06. The van der Waals surface area contributed by atoms with Crippen molar-refractivity contribution < 1.29 is 5.11 Å². The van der Waals surface area contributed by atoms with Crippen LogP contribution in [-0.2, 0) is 0 Å². The first-order chi connectivity index (χ1) is 7.16. The smallest absolute Gasteiger partial charge is 0.117 e. The third-order valence-electron chi connectivity index (χ3n) is 3.14. The molecular weight excluding hydrogens is 188 g/mol. The lowest BCUT2D eigenvalue weighted by Crippen LogP contribution is -2.33. The Hall–Kier alpha value is -1.38. The van der Waals surface area contributed by atoms with E-state index in [4.69, 9.17) is 5.73 Å². The first-order valence-electron chi connectivity index (χ1n) is 5.50. The Morgan fingerprint density at radius 3 is 2.60 bits per heavy atom. The van der Waals surface area contributed by atoms with Gasteiger partial charge in [0.2, 0.25) is 0 Å². The molecule has 3 heteroatoms. The highest BCUT2D eigenvalue weighted by Crippen LogP contribution is 2.30. The van der Waals surface area contributed by atoms with Crippen LogP contribution in [0.4, 0.5) is 11.4 Å². The number of nitrogens with two attached hydrogens (primary N) is 1. The fourth-order valence-electron chi connectivity index (χ4n) is 2.08. The Bertz CT molecular complexity index is 343. The summed E-state index contributed by atoms with van der Waals surface area (Å²) in [4.78, 5) is 2.30. The van der Waals surface area contributed by atoms with E-state index in [9.17, 15) is 5.11 Å². The van der Waals surface area contributed by atoms with Gasteiger partial charge in [-0.1, -0.05) is 6.92 Å². The summed E-state index contributed by atoms with van der Waals surface area (Å²) in [6, 6.07) is 5.22. The first kappa shape index (κ1) is 10.1. The number of phenolic OH excluding ortho intramolecular Hbond substituents is 1. The lowest BCUT2D eigenvalue weighted by atomic mass is 9.98. The average molecular weight is 206 g/mol. The maximum atomic E-state index is 9.28. The molecule has 3 N–H and O–H groups in total. The molecule has 15 heavy (non-hydrogen) atoms. The summed E-state index contributed by atoms with van der Waals surface area (Å²) in [5, 5.41) is 9.28. The predicted octanol–water partition coefficient (Wildman–Crippen LogP) is 2.21. The van der Waals surface area contributed by atoms with Crippen molar-refractivity contribution in [1.29, 1.82) is 0 Å². The van der Waals surface area contributed by atoms with Gasteiger partial charge in [0.25, 0.3) is 0 Å². The zero-order valence-electron chi connectivity index (χ0n) is 9.11. The normalized spacial score (nSPS) is 18.1. The van der Waals surface area contributed by atoms with E-state index >= 15 is 0 Å². The van der Waals surface area contributed by atoms with Crippen LogP contribution in [0.5, 0.6) is 5.75 Å². The van der Waals surface area contributed by atoms with Gasteiger partial charge in [0.1, 0.15) is 5.75 Å². The second-order valence-corrected chi connectivity index (χ2v) is 4.41. The molecule has 0 radical (unpaired) electrons. The second-order valence-electron chi connectivity index (χ2n) is 4.41. The highest BCUT2D eigenvalue weighted by Gasteiger charge is 2.17. The van der Waals surface area contributed by atoms with Crippen molar-refractivity contribution in [1.82, 2.24) is 0 Å². The van der Waals surface area contributed by atoms with Crippen molar-refractivity contribution in [2.45, 2.75) is 19.8 Å². The Balaban J connectivity index is 2.15. The van der Waals surface area contributed by atoms with E-state index in [0.717, 1.165) is 24.7 Å². The van der Waals surface area contributed by atoms with Crippen molar-refractivity contribution in [3.8, 4) is 5.75 Å². The van der Waals surface area contributed by atoms with Crippen LogP contribution >= 0.6 is 0 Å². The fourth-order valence-corrected chi connectivity index (χ4v) is 2.08. The number of aromatic hydroxyl groups is 1. The fraction of sp³-hybridized carbons (Fsp3) is 0.500. The summed E-state index contributed by atoms with van der Waals surface area (Å²) in [5.41, 5.74) is 7.61. The average Bonchev–Trinajstić information content (AvgIpc) is 2.20. The topological polar surface area (TPSA) is 49.5 Å². The van der Waals surface area contributed by atoms with Crippen LogP contribution in [-0.4, -0.2) is 18.2 Å². The molecule has 2 rings (SSSR count). The molecule has 1 aliphatic rings. The van der Waals surface area contributed by atoms with Gasteiger partial charge in [-0.05, 0) is 30.9 Å². The SMILES string of the molecule is CC1CCN(c2ccc(O)cc2N)CC1. The molecule has 0 bridgehead atoms. The predicted molar refractivity (Wildman–Crippen MR) is 63.1 cm³/mol. The van der Waals surface area contributed by atoms with Crippen molar-refractivity contribution in [3.63, 3.8) is 0 Å². The first-order valence-corrected chi connectivity index (χ1v) is 5.50. The third kappa shape index (κ3) is 2.17. The molecule has 0 unspecified atom stereocenters. The summed E-state index contributed by atoms with van der Waals surface area (Å²) in [6.07, 6.45) is 2.45. The number of nitrogens with zero attached hydrogens (tertiary/aromatic N) is 1. The van der Waals surface area contributed by atoms with Gasteiger partial charge in [-0.3, -0.25) is 0 Å². The number of phenols is 1. The van der Waals surface area contributed by atoms with Crippen molar-refractivity contribution in [2.75, 3.05) is 23.7 Å². The Morgan fingerprint density at radius 2 is 2.00 bits per heavy atom. The van der Waals surface area contributed by atoms with Crippen LogP contribution in [0.25, 0.3) is 0 Å². The molecule has 1 heterocycles. The molecule has 3 nitrogen and oxygen atoms in total. The molecule has 0 amide bonds. The third-order valence-corrected chi connectivity index (χ3v) is 3.14. The number of hydrogen-bond acceptors (Lipinski definition) is 3. The number of nitrogen functional groups attached to an aromatic ring is 1. The molecule has 1 fully saturated rings. The van der Waals surface area contributed by atoms with E-state index in [1.165, 1.54) is 12.8 Å². The Morgan fingerprint density at radius 1 is 1.33 bits per heavy atom. The van der Waals surface area contributed by atoms with Crippen molar-refractivity contribution in [3.05, 3.63) is 18.2 Å². The molecule has 1 aliphatic heterocycles. The second kappa shape index (κ2) is 4.01. The monoisotopic (exact) mass is 206 g/mol. The lowest BCUT2D eigenvalue weighted by Gasteiger charge is -2.32. The van der Waals surface area contributed by atoms with E-state index in [1.54, 1.807) is 12.1 Å². The molecule has 0 saturated carbocycles. The van der Waals surface area contributed by atoms with Gasteiger partial charge in [-0.25, -0.2) is 0 Å². The Kier molecular flexibility index (Phi) is 2.71. The van der Waals surface area contributed by atoms with E-state index in [0.29, 0.717) is 5.69 Å². The molecule has 1 aromatic rings. The van der Waals surface area contributed by atoms with Crippen molar-refractivity contribution >= 4 is 11.4 Å². The highest BCUT2D eigenvalue weighted by molar-refractivity contribution is 5.69. The minimum Gasteiger partial charge on any atom is -0.508 e.